The molecule has 0 aliphatic heterocycles. The molecule has 0 saturated carbocycles. The molecule has 3 aromatic rings. The second kappa shape index (κ2) is 8.81. The van der Waals surface area contributed by atoms with Gasteiger partial charge in [-0.3, -0.25) is 4.79 Å². The average molecular weight is 348 g/mol. The summed E-state index contributed by atoms with van der Waals surface area (Å²) in [4.78, 5) is 12.0. The number of amides is 1. The van der Waals surface area contributed by atoms with E-state index in [0.29, 0.717) is 13.0 Å². The van der Waals surface area contributed by atoms with E-state index in [2.05, 4.69) is 22.8 Å². The van der Waals surface area contributed by atoms with Crippen molar-refractivity contribution in [1.82, 2.24) is 5.32 Å². The van der Waals surface area contributed by atoms with Gasteiger partial charge in [0, 0.05) is 18.8 Å². The molecule has 2 N–H and O–H groups in total. The average Bonchev–Trinajstić information content (AvgIpc) is 2.68. The molecule has 4 heteroatoms. The lowest BCUT2D eigenvalue weighted by atomic mass is 10.1. The largest absolute Gasteiger partial charge is 0.381 e. The summed E-state index contributed by atoms with van der Waals surface area (Å²) in [5, 5.41) is 6.21. The molecule has 0 heterocycles. The molecule has 0 unspecified atom stereocenters. The molecule has 0 fully saturated rings. The molecule has 0 aromatic heterocycles. The van der Waals surface area contributed by atoms with Gasteiger partial charge < -0.3 is 10.6 Å². The lowest BCUT2D eigenvalue weighted by Crippen LogP contribution is -2.24. The second-order valence-corrected chi connectivity index (χ2v) is 6.12. The van der Waals surface area contributed by atoms with Crippen LogP contribution >= 0.6 is 0 Å². The summed E-state index contributed by atoms with van der Waals surface area (Å²) in [6.07, 6.45) is 0.320. The lowest BCUT2D eigenvalue weighted by Gasteiger charge is -2.08. The Bertz CT molecular complexity index is 830. The predicted molar refractivity (Wildman–Crippen MR) is 102 cm³/mol. The van der Waals surface area contributed by atoms with Gasteiger partial charge in [-0.05, 0) is 41.0 Å². The maximum Gasteiger partial charge on any atom is 0.224 e. The first-order valence-corrected chi connectivity index (χ1v) is 8.57. The van der Waals surface area contributed by atoms with E-state index < -0.39 is 0 Å². The van der Waals surface area contributed by atoms with Crippen LogP contribution in [0, 0.1) is 5.82 Å². The Labute approximate surface area is 152 Å². The fourth-order valence-corrected chi connectivity index (χ4v) is 2.59. The van der Waals surface area contributed by atoms with Gasteiger partial charge in [-0.25, -0.2) is 4.39 Å². The van der Waals surface area contributed by atoms with Gasteiger partial charge in [0.1, 0.15) is 5.82 Å². The van der Waals surface area contributed by atoms with Crippen LogP contribution in [0.3, 0.4) is 0 Å². The zero-order chi connectivity index (χ0) is 18.2. The van der Waals surface area contributed by atoms with E-state index >= 15 is 0 Å². The molecule has 3 rings (SSSR count). The van der Waals surface area contributed by atoms with Crippen LogP contribution in [0.2, 0.25) is 0 Å². The Hall–Kier alpha value is -3.14. The zero-order valence-corrected chi connectivity index (χ0v) is 14.4. The number of anilines is 1. The molecule has 1 amide bonds. The number of nitrogens with one attached hydrogen (secondary N) is 2. The van der Waals surface area contributed by atoms with Crippen LogP contribution in [0.1, 0.15) is 16.7 Å². The summed E-state index contributed by atoms with van der Waals surface area (Å²) in [7, 11) is 0. The number of carbonyl (C=O) groups is 1. The monoisotopic (exact) mass is 348 g/mol. The molecule has 0 radical (unpaired) electrons. The van der Waals surface area contributed by atoms with Gasteiger partial charge in [-0.1, -0.05) is 54.6 Å². The van der Waals surface area contributed by atoms with Crippen molar-refractivity contribution in [3.8, 4) is 0 Å². The first-order valence-electron chi connectivity index (χ1n) is 8.57. The molecule has 3 nitrogen and oxygen atoms in total. The summed E-state index contributed by atoms with van der Waals surface area (Å²) >= 11 is 0. The molecule has 0 aliphatic carbocycles. The Balaban J connectivity index is 1.45. The smallest absolute Gasteiger partial charge is 0.224 e. The van der Waals surface area contributed by atoms with Gasteiger partial charge in [-0.2, -0.15) is 0 Å². The van der Waals surface area contributed by atoms with Crippen molar-refractivity contribution in [2.24, 2.45) is 0 Å². The molecule has 3 aromatic carbocycles. The molecule has 0 atom stereocenters. The minimum absolute atomic E-state index is 0.0562. The molecule has 0 saturated heterocycles. The Morgan fingerprint density at radius 2 is 1.35 bits per heavy atom. The van der Waals surface area contributed by atoms with Crippen molar-refractivity contribution in [2.75, 3.05) is 5.32 Å². The van der Waals surface area contributed by atoms with Gasteiger partial charge in [0.2, 0.25) is 5.91 Å². The number of carbonyl (C=O) groups excluding carboxylic acids is 1. The van der Waals surface area contributed by atoms with Crippen LogP contribution in [0.25, 0.3) is 0 Å². The highest BCUT2D eigenvalue weighted by Gasteiger charge is 2.04. The summed E-state index contributed by atoms with van der Waals surface area (Å²) in [6, 6.07) is 24.2. The van der Waals surface area contributed by atoms with Crippen molar-refractivity contribution in [1.29, 1.82) is 0 Å². The van der Waals surface area contributed by atoms with Gasteiger partial charge in [0.25, 0.3) is 0 Å². The summed E-state index contributed by atoms with van der Waals surface area (Å²) in [5.41, 5.74) is 4.06. The minimum Gasteiger partial charge on any atom is -0.381 e. The third-order valence-electron chi connectivity index (χ3n) is 4.06. The molecular formula is C22H21FN2O. The SMILES string of the molecule is O=C(Cc1ccc(NCc2ccccc2)cc1)NCc1ccc(F)cc1. The molecular weight excluding hydrogens is 327 g/mol. The number of benzene rings is 3. The highest BCUT2D eigenvalue weighted by molar-refractivity contribution is 5.78. The van der Waals surface area contributed by atoms with E-state index in [1.807, 2.05) is 42.5 Å². The maximum absolute atomic E-state index is 12.9. The van der Waals surface area contributed by atoms with E-state index in [1.165, 1.54) is 17.7 Å². The number of hydrogen-bond acceptors (Lipinski definition) is 2. The second-order valence-electron chi connectivity index (χ2n) is 6.12. The predicted octanol–water partition coefficient (Wildman–Crippen LogP) is 4.30. The van der Waals surface area contributed by atoms with E-state index in [4.69, 9.17) is 0 Å². The number of halogens is 1. The molecule has 26 heavy (non-hydrogen) atoms. The Morgan fingerprint density at radius 3 is 2.04 bits per heavy atom. The standard InChI is InChI=1S/C22H21FN2O/c23-20-10-6-19(7-11-20)16-25-22(26)14-17-8-12-21(13-9-17)24-15-18-4-2-1-3-5-18/h1-13,24H,14-16H2,(H,25,26). The van der Waals surface area contributed by atoms with Crippen molar-refractivity contribution in [2.45, 2.75) is 19.5 Å². The quantitative estimate of drug-likeness (QED) is 0.668. The molecule has 132 valence electrons. The van der Waals surface area contributed by atoms with E-state index in [9.17, 15) is 9.18 Å². The van der Waals surface area contributed by atoms with Crippen LogP contribution in [-0.2, 0) is 24.3 Å². The highest BCUT2D eigenvalue weighted by Crippen LogP contribution is 2.12. The van der Waals surface area contributed by atoms with Crippen LogP contribution in [0.4, 0.5) is 10.1 Å². The Kier molecular flexibility index (Phi) is 5.99. The first kappa shape index (κ1) is 17.7. The minimum atomic E-state index is -0.277. The number of rotatable bonds is 7. The summed E-state index contributed by atoms with van der Waals surface area (Å²) < 4.78 is 12.9. The van der Waals surface area contributed by atoms with Gasteiger partial charge in [-0.15, -0.1) is 0 Å². The third-order valence-corrected chi connectivity index (χ3v) is 4.06. The topological polar surface area (TPSA) is 41.1 Å². The summed E-state index contributed by atoms with van der Waals surface area (Å²) in [6.45, 7) is 1.16. The van der Waals surface area contributed by atoms with Crippen LogP contribution < -0.4 is 10.6 Å². The van der Waals surface area contributed by atoms with Gasteiger partial charge >= 0.3 is 0 Å². The maximum atomic E-state index is 12.9. The zero-order valence-electron chi connectivity index (χ0n) is 14.4. The van der Waals surface area contributed by atoms with E-state index in [0.717, 1.165) is 23.4 Å². The van der Waals surface area contributed by atoms with Crippen LogP contribution in [-0.4, -0.2) is 5.91 Å². The molecule has 0 bridgehead atoms. The fourth-order valence-electron chi connectivity index (χ4n) is 2.59. The van der Waals surface area contributed by atoms with Crippen molar-refractivity contribution >= 4 is 11.6 Å². The van der Waals surface area contributed by atoms with E-state index in [-0.39, 0.29) is 11.7 Å². The number of hydrogen-bond donors (Lipinski definition) is 2. The lowest BCUT2D eigenvalue weighted by molar-refractivity contribution is -0.120. The van der Waals surface area contributed by atoms with Crippen LogP contribution in [0.15, 0.2) is 78.9 Å². The van der Waals surface area contributed by atoms with Gasteiger partial charge in [0.05, 0.1) is 6.42 Å². The Morgan fingerprint density at radius 1 is 0.731 bits per heavy atom. The summed E-state index contributed by atoms with van der Waals surface area (Å²) in [5.74, 6) is -0.333. The molecule has 0 spiro atoms. The third kappa shape index (κ3) is 5.45. The highest BCUT2D eigenvalue weighted by atomic mass is 19.1. The van der Waals surface area contributed by atoms with Crippen LogP contribution in [0.5, 0.6) is 0 Å². The first-order chi connectivity index (χ1) is 12.7. The van der Waals surface area contributed by atoms with Crippen molar-refractivity contribution in [3.05, 3.63) is 101 Å². The van der Waals surface area contributed by atoms with E-state index in [1.54, 1.807) is 12.1 Å². The molecule has 0 aliphatic rings. The van der Waals surface area contributed by atoms with Crippen molar-refractivity contribution in [3.63, 3.8) is 0 Å². The normalized spacial score (nSPS) is 10.3. The fraction of sp³-hybridized carbons (Fsp3) is 0.136. The van der Waals surface area contributed by atoms with Gasteiger partial charge in [0.15, 0.2) is 0 Å². The van der Waals surface area contributed by atoms with Crippen molar-refractivity contribution < 1.29 is 9.18 Å².